The van der Waals surface area contributed by atoms with Gasteiger partial charge in [0.25, 0.3) is 0 Å². The lowest BCUT2D eigenvalue weighted by atomic mass is 10.0. The van der Waals surface area contributed by atoms with Gasteiger partial charge in [-0.15, -0.1) is 0 Å². The predicted octanol–water partition coefficient (Wildman–Crippen LogP) is 4.23. The molecule has 0 aliphatic carbocycles. The van der Waals surface area contributed by atoms with Crippen molar-refractivity contribution in [2.75, 3.05) is 0 Å². The highest BCUT2D eigenvalue weighted by Gasteiger charge is 2.13. The minimum atomic E-state index is 0.0632. The Morgan fingerprint density at radius 1 is 1.19 bits per heavy atom. The first kappa shape index (κ1) is 13.6. The number of carbonyl (C=O) groups is 1. The summed E-state index contributed by atoms with van der Waals surface area (Å²) in [5.41, 5.74) is 3.04. The van der Waals surface area contributed by atoms with Crippen molar-refractivity contribution in [1.29, 1.82) is 5.26 Å². The number of nitriles is 1. The van der Waals surface area contributed by atoms with Gasteiger partial charge in [0.2, 0.25) is 0 Å². The van der Waals surface area contributed by atoms with E-state index >= 15 is 0 Å². The highest BCUT2D eigenvalue weighted by molar-refractivity contribution is 9.10. The number of ketones is 1. The number of hydrogen-bond acceptors (Lipinski definition) is 2. The van der Waals surface area contributed by atoms with E-state index in [9.17, 15) is 4.79 Å². The normalized spacial score (nSPS) is 10.5. The lowest BCUT2D eigenvalue weighted by molar-refractivity contribution is 0.0994. The minimum Gasteiger partial charge on any atom is -0.360 e. The van der Waals surface area contributed by atoms with Crippen molar-refractivity contribution >= 4 is 32.6 Å². The first-order valence-corrected chi connectivity index (χ1v) is 7.25. The average Bonchev–Trinajstić information content (AvgIpc) is 2.92. The van der Waals surface area contributed by atoms with Crippen LogP contribution in [0.2, 0.25) is 0 Å². The molecule has 0 radical (unpaired) electrons. The molecule has 0 fully saturated rings. The molecule has 0 atom stereocenters. The molecule has 21 heavy (non-hydrogen) atoms. The van der Waals surface area contributed by atoms with Crippen molar-refractivity contribution in [2.24, 2.45) is 0 Å². The number of nitrogens with one attached hydrogen (secondary N) is 1. The molecular weight excluding hydrogens is 328 g/mol. The average molecular weight is 339 g/mol. The summed E-state index contributed by atoms with van der Waals surface area (Å²) in [6, 6.07) is 15.1. The van der Waals surface area contributed by atoms with Gasteiger partial charge in [-0.05, 0) is 29.8 Å². The van der Waals surface area contributed by atoms with Crippen molar-refractivity contribution in [3.8, 4) is 6.07 Å². The van der Waals surface area contributed by atoms with E-state index in [0.717, 1.165) is 20.9 Å². The molecule has 2 aromatic carbocycles. The third-order valence-corrected chi connectivity index (χ3v) is 3.92. The molecule has 3 rings (SSSR count). The SMILES string of the molecule is N#Cc1ccc2c(C(=O)Cc3ccc(Br)cc3)c[nH]c2c1. The molecule has 1 heterocycles. The van der Waals surface area contributed by atoms with Crippen molar-refractivity contribution < 1.29 is 4.79 Å². The van der Waals surface area contributed by atoms with Crippen molar-refractivity contribution in [3.63, 3.8) is 0 Å². The fourth-order valence-electron chi connectivity index (χ4n) is 2.31. The molecule has 0 aliphatic heterocycles. The van der Waals surface area contributed by atoms with Gasteiger partial charge in [-0.3, -0.25) is 4.79 Å². The summed E-state index contributed by atoms with van der Waals surface area (Å²) in [4.78, 5) is 15.5. The van der Waals surface area contributed by atoms with Gasteiger partial charge in [0.1, 0.15) is 0 Å². The van der Waals surface area contributed by atoms with Crippen LogP contribution in [0.4, 0.5) is 0 Å². The van der Waals surface area contributed by atoms with Gasteiger partial charge in [0, 0.05) is 33.6 Å². The van der Waals surface area contributed by atoms with Crippen molar-refractivity contribution in [1.82, 2.24) is 4.98 Å². The van der Waals surface area contributed by atoms with Crippen LogP contribution >= 0.6 is 15.9 Å². The highest BCUT2D eigenvalue weighted by atomic mass is 79.9. The Labute approximate surface area is 130 Å². The second-order valence-electron chi connectivity index (χ2n) is 4.80. The number of rotatable bonds is 3. The van der Waals surface area contributed by atoms with Crippen molar-refractivity contribution in [3.05, 3.63) is 69.8 Å². The Hall–Kier alpha value is -2.38. The molecule has 0 amide bonds. The third-order valence-electron chi connectivity index (χ3n) is 3.39. The molecular formula is C17H11BrN2O. The third kappa shape index (κ3) is 2.74. The van der Waals surface area contributed by atoms with E-state index < -0.39 is 0 Å². The summed E-state index contributed by atoms with van der Waals surface area (Å²) in [5, 5.41) is 9.75. The van der Waals surface area contributed by atoms with Crippen LogP contribution in [0.3, 0.4) is 0 Å². The second kappa shape index (κ2) is 5.55. The Morgan fingerprint density at radius 2 is 1.95 bits per heavy atom. The van der Waals surface area contributed by atoms with Crippen LogP contribution < -0.4 is 0 Å². The molecule has 3 aromatic rings. The molecule has 0 saturated carbocycles. The first-order chi connectivity index (χ1) is 10.2. The van der Waals surface area contributed by atoms with Crippen LogP contribution in [0.15, 0.2) is 53.1 Å². The van der Waals surface area contributed by atoms with Gasteiger partial charge >= 0.3 is 0 Å². The number of fused-ring (bicyclic) bond motifs is 1. The first-order valence-electron chi connectivity index (χ1n) is 6.46. The monoisotopic (exact) mass is 338 g/mol. The summed E-state index contributed by atoms with van der Waals surface area (Å²) in [6.45, 7) is 0. The fourth-order valence-corrected chi connectivity index (χ4v) is 2.57. The standard InChI is InChI=1S/C17H11BrN2O/c18-13-4-1-11(2-5-13)8-17(21)15-10-20-16-7-12(9-19)3-6-14(15)16/h1-7,10,20H,8H2. The quantitative estimate of drug-likeness (QED) is 0.726. The van der Waals surface area contributed by atoms with E-state index in [-0.39, 0.29) is 5.78 Å². The largest absolute Gasteiger partial charge is 0.360 e. The van der Waals surface area contributed by atoms with Gasteiger partial charge in [-0.1, -0.05) is 34.1 Å². The van der Waals surface area contributed by atoms with E-state index in [0.29, 0.717) is 17.5 Å². The number of carbonyl (C=O) groups excluding carboxylic acids is 1. The van der Waals surface area contributed by atoms with E-state index in [4.69, 9.17) is 5.26 Å². The van der Waals surface area contributed by atoms with Crippen LogP contribution in [-0.4, -0.2) is 10.8 Å². The molecule has 0 saturated heterocycles. The van der Waals surface area contributed by atoms with Crippen LogP contribution in [0, 0.1) is 11.3 Å². The minimum absolute atomic E-state index is 0.0632. The molecule has 3 nitrogen and oxygen atoms in total. The smallest absolute Gasteiger partial charge is 0.169 e. The van der Waals surface area contributed by atoms with Gasteiger partial charge in [0.05, 0.1) is 11.6 Å². The molecule has 1 aromatic heterocycles. The maximum absolute atomic E-state index is 12.4. The molecule has 0 bridgehead atoms. The van der Waals surface area contributed by atoms with E-state index in [1.54, 1.807) is 18.3 Å². The Kier molecular flexibility index (Phi) is 3.59. The molecule has 0 spiro atoms. The number of aromatic amines is 1. The maximum Gasteiger partial charge on any atom is 0.169 e. The number of Topliss-reactive ketones (excluding diaryl/α,β-unsaturated/α-hetero) is 1. The number of hydrogen-bond donors (Lipinski definition) is 1. The summed E-state index contributed by atoms with van der Waals surface area (Å²) in [7, 11) is 0. The second-order valence-corrected chi connectivity index (χ2v) is 5.72. The zero-order valence-corrected chi connectivity index (χ0v) is 12.6. The number of aromatic nitrogens is 1. The van der Waals surface area contributed by atoms with Crippen LogP contribution in [0.5, 0.6) is 0 Å². The summed E-state index contributed by atoms with van der Waals surface area (Å²) < 4.78 is 0.995. The molecule has 102 valence electrons. The number of H-pyrrole nitrogens is 1. The maximum atomic E-state index is 12.4. The van der Waals surface area contributed by atoms with Crippen LogP contribution in [0.25, 0.3) is 10.9 Å². The lowest BCUT2D eigenvalue weighted by Gasteiger charge is -2.01. The van der Waals surface area contributed by atoms with Gasteiger partial charge in [-0.2, -0.15) is 5.26 Å². The lowest BCUT2D eigenvalue weighted by Crippen LogP contribution is -2.02. The summed E-state index contributed by atoms with van der Waals surface area (Å²) in [6.07, 6.45) is 2.08. The Balaban J connectivity index is 1.91. The topological polar surface area (TPSA) is 56.6 Å². The van der Waals surface area contributed by atoms with Crippen LogP contribution in [-0.2, 0) is 6.42 Å². The number of halogens is 1. The predicted molar refractivity (Wildman–Crippen MR) is 85.2 cm³/mol. The van der Waals surface area contributed by atoms with E-state index in [1.807, 2.05) is 30.3 Å². The molecule has 1 N–H and O–H groups in total. The molecule has 0 unspecified atom stereocenters. The zero-order chi connectivity index (χ0) is 14.8. The summed E-state index contributed by atoms with van der Waals surface area (Å²) in [5.74, 6) is 0.0632. The Bertz CT molecular complexity index is 857. The van der Waals surface area contributed by atoms with Gasteiger partial charge in [0.15, 0.2) is 5.78 Å². The Morgan fingerprint density at radius 3 is 2.67 bits per heavy atom. The number of nitrogens with zero attached hydrogens (tertiary/aromatic N) is 1. The zero-order valence-electron chi connectivity index (χ0n) is 11.1. The van der Waals surface area contributed by atoms with Crippen molar-refractivity contribution in [2.45, 2.75) is 6.42 Å². The van der Waals surface area contributed by atoms with Gasteiger partial charge in [-0.25, -0.2) is 0 Å². The van der Waals surface area contributed by atoms with Gasteiger partial charge < -0.3 is 4.98 Å². The number of benzene rings is 2. The molecule has 0 aliphatic rings. The highest BCUT2D eigenvalue weighted by Crippen LogP contribution is 2.21. The van der Waals surface area contributed by atoms with E-state index in [1.165, 1.54) is 0 Å². The molecule has 4 heteroatoms. The summed E-state index contributed by atoms with van der Waals surface area (Å²) >= 11 is 3.38. The fraction of sp³-hybridized carbons (Fsp3) is 0.0588. The van der Waals surface area contributed by atoms with E-state index in [2.05, 4.69) is 27.0 Å². The van der Waals surface area contributed by atoms with Crippen LogP contribution in [0.1, 0.15) is 21.5 Å².